The number of ether oxygens (including phenoxy) is 1. The Kier molecular flexibility index (Phi) is 9.67. The smallest absolute Gasteiger partial charge is 0.253 e. The molecule has 3 amide bonds. The number of likely N-dealkylation sites (tertiary alicyclic amines) is 1. The molecular weight excluding hydrogens is 542 g/mol. The SMILES string of the molecule is C=CCN(CCC)C(=O)[C@@H]1[C@@H]2CCC3(O2)C(C(=O)N(CC=C)c2ccc4ccccc4c2)N(CCCCCCO)C(=O)[C@H]13. The van der Waals surface area contributed by atoms with E-state index >= 15 is 0 Å². The topological polar surface area (TPSA) is 90.4 Å². The summed E-state index contributed by atoms with van der Waals surface area (Å²) in [6, 6.07) is 13.1. The van der Waals surface area contributed by atoms with Crippen LogP contribution in [0.5, 0.6) is 0 Å². The molecule has 2 aromatic carbocycles. The summed E-state index contributed by atoms with van der Waals surface area (Å²) < 4.78 is 6.70. The number of aliphatic hydroxyl groups is 1. The van der Waals surface area contributed by atoms with Gasteiger partial charge in [-0.3, -0.25) is 14.4 Å². The van der Waals surface area contributed by atoms with Crippen molar-refractivity contribution in [3.63, 3.8) is 0 Å². The van der Waals surface area contributed by atoms with E-state index in [-0.39, 0.29) is 37.0 Å². The molecular formula is C35H45N3O5. The van der Waals surface area contributed by atoms with Gasteiger partial charge in [-0.1, -0.05) is 62.2 Å². The second kappa shape index (κ2) is 13.4. The fraction of sp³-hybridized carbons (Fsp3) is 0.514. The molecule has 0 aliphatic carbocycles. The molecule has 2 aromatic rings. The lowest BCUT2D eigenvalue weighted by Crippen LogP contribution is -2.56. The number of benzene rings is 2. The lowest BCUT2D eigenvalue weighted by atomic mass is 9.70. The van der Waals surface area contributed by atoms with E-state index in [0.717, 1.165) is 35.7 Å². The number of fused-ring (bicyclic) bond motifs is 2. The van der Waals surface area contributed by atoms with Gasteiger partial charge in [0, 0.05) is 38.5 Å². The number of nitrogens with zero attached hydrogens (tertiary/aromatic N) is 3. The van der Waals surface area contributed by atoms with Crippen LogP contribution >= 0.6 is 0 Å². The quantitative estimate of drug-likeness (QED) is 0.241. The number of hydrogen-bond donors (Lipinski definition) is 1. The van der Waals surface area contributed by atoms with Crippen LogP contribution in [0.15, 0.2) is 67.8 Å². The van der Waals surface area contributed by atoms with E-state index in [0.29, 0.717) is 45.3 Å². The van der Waals surface area contributed by atoms with E-state index in [1.807, 2.05) is 49.4 Å². The van der Waals surface area contributed by atoms with Gasteiger partial charge >= 0.3 is 0 Å². The van der Waals surface area contributed by atoms with E-state index in [2.05, 4.69) is 13.2 Å². The molecule has 3 aliphatic rings. The molecule has 0 radical (unpaired) electrons. The Hall–Kier alpha value is -3.49. The first-order chi connectivity index (χ1) is 20.9. The van der Waals surface area contributed by atoms with Crippen LogP contribution < -0.4 is 4.90 Å². The first-order valence-electron chi connectivity index (χ1n) is 15.8. The monoisotopic (exact) mass is 587 g/mol. The highest BCUT2D eigenvalue weighted by Gasteiger charge is 2.74. The van der Waals surface area contributed by atoms with Crippen molar-refractivity contribution < 1.29 is 24.2 Å². The van der Waals surface area contributed by atoms with Crippen molar-refractivity contribution in [3.05, 3.63) is 67.8 Å². The zero-order valence-corrected chi connectivity index (χ0v) is 25.3. The van der Waals surface area contributed by atoms with Crippen LogP contribution in [-0.4, -0.2) is 83.2 Å². The molecule has 1 N–H and O–H groups in total. The average Bonchev–Trinajstić information content (AvgIpc) is 3.66. The molecule has 43 heavy (non-hydrogen) atoms. The third kappa shape index (κ3) is 5.63. The Morgan fingerprint density at radius 1 is 1.05 bits per heavy atom. The fourth-order valence-electron chi connectivity index (χ4n) is 7.57. The van der Waals surface area contributed by atoms with E-state index in [4.69, 9.17) is 4.74 Å². The van der Waals surface area contributed by atoms with Crippen molar-refractivity contribution in [1.82, 2.24) is 9.80 Å². The molecule has 230 valence electrons. The molecule has 3 saturated heterocycles. The van der Waals surface area contributed by atoms with Gasteiger partial charge < -0.3 is 24.5 Å². The molecule has 0 saturated carbocycles. The average molecular weight is 588 g/mol. The molecule has 2 unspecified atom stereocenters. The Balaban J connectivity index is 1.52. The lowest BCUT2D eigenvalue weighted by Gasteiger charge is -2.37. The van der Waals surface area contributed by atoms with Crippen molar-refractivity contribution in [2.45, 2.75) is 69.6 Å². The standard InChI is InChI=1S/C35H45N3O5/c1-4-19-36(20-5-2)32(40)29-28-17-18-35(43-28)30(29)33(41)38(22-11-7-8-12-23-39)31(35)34(42)37(21-6-3)27-16-15-25-13-9-10-14-26(25)24-27/h4,6,9-10,13-16,24,28-31,39H,1,3,5,7-8,11-12,17-23H2,2H3/t28-,29+,30-,31?,35?/m0/s1. The predicted octanol–water partition coefficient (Wildman–Crippen LogP) is 4.71. The first-order valence-corrected chi connectivity index (χ1v) is 15.8. The Morgan fingerprint density at radius 2 is 1.79 bits per heavy atom. The molecule has 8 nitrogen and oxygen atoms in total. The Morgan fingerprint density at radius 3 is 2.51 bits per heavy atom. The maximum atomic E-state index is 14.8. The maximum absolute atomic E-state index is 14.8. The van der Waals surface area contributed by atoms with Gasteiger partial charge in [0.05, 0.1) is 17.9 Å². The number of carbonyl (C=O) groups is 3. The number of amides is 3. The minimum Gasteiger partial charge on any atom is -0.396 e. The summed E-state index contributed by atoms with van der Waals surface area (Å²) in [5.74, 6) is -1.76. The maximum Gasteiger partial charge on any atom is 0.253 e. The van der Waals surface area contributed by atoms with Gasteiger partial charge in [0.2, 0.25) is 11.8 Å². The van der Waals surface area contributed by atoms with Crippen LogP contribution in [0.2, 0.25) is 0 Å². The summed E-state index contributed by atoms with van der Waals surface area (Å²) >= 11 is 0. The molecule has 8 heteroatoms. The zero-order chi connectivity index (χ0) is 30.6. The van der Waals surface area contributed by atoms with Crippen molar-refractivity contribution in [3.8, 4) is 0 Å². The second-order valence-electron chi connectivity index (χ2n) is 12.1. The highest BCUT2D eigenvalue weighted by atomic mass is 16.5. The minimum absolute atomic E-state index is 0.0832. The van der Waals surface area contributed by atoms with E-state index in [1.54, 1.807) is 26.9 Å². The molecule has 0 aromatic heterocycles. The van der Waals surface area contributed by atoms with Gasteiger partial charge in [-0.2, -0.15) is 0 Å². The number of aliphatic hydroxyl groups excluding tert-OH is 1. The van der Waals surface area contributed by atoms with Gasteiger partial charge in [-0.25, -0.2) is 0 Å². The van der Waals surface area contributed by atoms with Gasteiger partial charge in [0.25, 0.3) is 5.91 Å². The molecule has 5 rings (SSSR count). The Bertz CT molecular complexity index is 1360. The van der Waals surface area contributed by atoms with Crippen molar-refractivity contribution in [2.24, 2.45) is 11.8 Å². The lowest BCUT2D eigenvalue weighted by molar-refractivity contribution is -0.145. The second-order valence-corrected chi connectivity index (χ2v) is 12.1. The third-order valence-corrected chi connectivity index (χ3v) is 9.40. The molecule has 2 bridgehead atoms. The molecule has 5 atom stereocenters. The highest BCUT2D eigenvalue weighted by molar-refractivity contribution is 6.05. The van der Waals surface area contributed by atoms with Crippen molar-refractivity contribution >= 4 is 34.2 Å². The molecule has 1 spiro atoms. The van der Waals surface area contributed by atoms with Crippen LogP contribution in [0.4, 0.5) is 5.69 Å². The van der Waals surface area contributed by atoms with Gasteiger partial charge in [-0.05, 0) is 55.0 Å². The third-order valence-electron chi connectivity index (χ3n) is 9.40. The normalized spacial score (nSPS) is 25.6. The summed E-state index contributed by atoms with van der Waals surface area (Å²) in [5, 5.41) is 11.3. The summed E-state index contributed by atoms with van der Waals surface area (Å²) in [5.41, 5.74) is -0.314. The number of carbonyl (C=O) groups excluding carboxylic acids is 3. The summed E-state index contributed by atoms with van der Waals surface area (Å²) in [4.78, 5) is 48.3. The van der Waals surface area contributed by atoms with Crippen LogP contribution in [0.3, 0.4) is 0 Å². The minimum atomic E-state index is -1.05. The van der Waals surface area contributed by atoms with Gasteiger partial charge in [-0.15, -0.1) is 13.2 Å². The number of unbranched alkanes of at least 4 members (excludes halogenated alkanes) is 3. The largest absolute Gasteiger partial charge is 0.396 e. The number of rotatable bonds is 15. The zero-order valence-electron chi connectivity index (χ0n) is 25.3. The summed E-state index contributed by atoms with van der Waals surface area (Å²) in [6.07, 6.45) is 8.12. The molecule has 3 fully saturated rings. The summed E-state index contributed by atoms with van der Waals surface area (Å²) in [7, 11) is 0. The predicted molar refractivity (Wildman–Crippen MR) is 168 cm³/mol. The van der Waals surface area contributed by atoms with E-state index in [9.17, 15) is 19.5 Å². The van der Waals surface area contributed by atoms with Gasteiger partial charge in [0.1, 0.15) is 11.6 Å². The van der Waals surface area contributed by atoms with Crippen molar-refractivity contribution in [2.75, 3.05) is 37.7 Å². The van der Waals surface area contributed by atoms with Crippen LogP contribution in [0.25, 0.3) is 10.8 Å². The fourth-order valence-corrected chi connectivity index (χ4v) is 7.57. The van der Waals surface area contributed by atoms with Crippen LogP contribution in [-0.2, 0) is 19.1 Å². The molecule has 3 aliphatic heterocycles. The van der Waals surface area contributed by atoms with E-state index < -0.39 is 23.5 Å². The number of hydrogen-bond acceptors (Lipinski definition) is 5. The number of anilines is 1. The van der Waals surface area contributed by atoms with Crippen molar-refractivity contribution in [1.29, 1.82) is 0 Å². The van der Waals surface area contributed by atoms with E-state index in [1.165, 1.54) is 0 Å². The van der Waals surface area contributed by atoms with Crippen LogP contribution in [0, 0.1) is 11.8 Å². The van der Waals surface area contributed by atoms with Crippen LogP contribution in [0.1, 0.15) is 51.9 Å². The van der Waals surface area contributed by atoms with Gasteiger partial charge in [0.15, 0.2) is 0 Å². The summed E-state index contributed by atoms with van der Waals surface area (Å²) in [6.45, 7) is 11.6. The molecule has 3 heterocycles. The Labute approximate surface area is 255 Å². The first kappa shape index (κ1) is 31.0. The highest BCUT2D eigenvalue weighted by Crippen LogP contribution is 2.59.